The third-order valence-electron chi connectivity index (χ3n) is 3.64. The van der Waals surface area contributed by atoms with Crippen molar-refractivity contribution in [3.8, 4) is 0 Å². The van der Waals surface area contributed by atoms with E-state index in [0.717, 1.165) is 32.4 Å². The Kier molecular flexibility index (Phi) is 5.89. The van der Waals surface area contributed by atoms with Gasteiger partial charge in [0, 0.05) is 18.6 Å². The van der Waals surface area contributed by atoms with Crippen molar-refractivity contribution >= 4 is 9.84 Å². The molecule has 0 spiro atoms. The zero-order valence-corrected chi connectivity index (χ0v) is 12.1. The summed E-state index contributed by atoms with van der Waals surface area (Å²) in [6, 6.07) is 0.660. The highest BCUT2D eigenvalue weighted by atomic mass is 32.2. The predicted octanol–water partition coefficient (Wildman–Crippen LogP) is 0.884. The van der Waals surface area contributed by atoms with Gasteiger partial charge in [0.2, 0.25) is 0 Å². The quantitative estimate of drug-likeness (QED) is 0.692. The van der Waals surface area contributed by atoms with Crippen LogP contribution in [0.15, 0.2) is 0 Å². The summed E-state index contributed by atoms with van der Waals surface area (Å²) in [5.41, 5.74) is 0. The minimum Gasteiger partial charge on any atom is -0.315 e. The number of hydrogen-bond acceptors (Lipinski definition) is 4. The molecule has 0 aliphatic carbocycles. The van der Waals surface area contributed by atoms with Crippen molar-refractivity contribution in [1.29, 1.82) is 0 Å². The average Bonchev–Trinajstić information content (AvgIpc) is 2.64. The lowest BCUT2D eigenvalue weighted by atomic mass is 10.1. The standard InChI is InChI=1S/C12H26N2O2S/c1-4-7-13-9-11(5-2)14(3)12-6-8-17(15,16)10-12/h11-13H,4-10H2,1-3H3. The van der Waals surface area contributed by atoms with Crippen molar-refractivity contribution < 1.29 is 8.42 Å². The van der Waals surface area contributed by atoms with Crippen LogP contribution in [0.2, 0.25) is 0 Å². The molecule has 0 aromatic carbocycles. The van der Waals surface area contributed by atoms with E-state index in [-0.39, 0.29) is 6.04 Å². The Hall–Kier alpha value is -0.130. The third kappa shape index (κ3) is 4.56. The number of sulfone groups is 1. The zero-order valence-electron chi connectivity index (χ0n) is 11.3. The van der Waals surface area contributed by atoms with Crippen LogP contribution in [-0.2, 0) is 9.84 Å². The highest BCUT2D eigenvalue weighted by molar-refractivity contribution is 7.91. The van der Waals surface area contributed by atoms with E-state index < -0.39 is 9.84 Å². The Bertz CT molecular complexity index is 316. The fraction of sp³-hybridized carbons (Fsp3) is 1.00. The van der Waals surface area contributed by atoms with E-state index in [2.05, 4.69) is 31.1 Å². The number of nitrogens with zero attached hydrogens (tertiary/aromatic N) is 1. The van der Waals surface area contributed by atoms with Gasteiger partial charge in [-0.1, -0.05) is 13.8 Å². The zero-order chi connectivity index (χ0) is 12.9. The van der Waals surface area contributed by atoms with E-state index in [1.54, 1.807) is 0 Å². The maximum absolute atomic E-state index is 11.5. The summed E-state index contributed by atoms with van der Waals surface area (Å²) in [6.07, 6.45) is 2.99. The van der Waals surface area contributed by atoms with E-state index >= 15 is 0 Å². The van der Waals surface area contributed by atoms with Crippen molar-refractivity contribution in [2.75, 3.05) is 31.6 Å². The van der Waals surface area contributed by atoms with Crippen LogP contribution < -0.4 is 5.32 Å². The lowest BCUT2D eigenvalue weighted by Crippen LogP contribution is -2.45. The van der Waals surface area contributed by atoms with Crippen molar-refractivity contribution in [3.05, 3.63) is 0 Å². The summed E-state index contributed by atoms with van der Waals surface area (Å²) in [5, 5.41) is 3.42. The first-order valence-electron chi connectivity index (χ1n) is 6.63. The second-order valence-electron chi connectivity index (χ2n) is 4.99. The molecule has 1 heterocycles. The van der Waals surface area contributed by atoms with Crippen LogP contribution in [-0.4, -0.2) is 57.0 Å². The molecule has 0 bridgehead atoms. The Morgan fingerprint density at radius 2 is 2.12 bits per heavy atom. The fourth-order valence-electron chi connectivity index (χ4n) is 2.42. The van der Waals surface area contributed by atoms with Gasteiger partial charge >= 0.3 is 0 Å². The van der Waals surface area contributed by atoms with Crippen LogP contribution in [0.25, 0.3) is 0 Å². The molecule has 5 heteroatoms. The molecule has 17 heavy (non-hydrogen) atoms. The van der Waals surface area contributed by atoms with Gasteiger partial charge in [-0.25, -0.2) is 8.42 Å². The smallest absolute Gasteiger partial charge is 0.151 e. The van der Waals surface area contributed by atoms with Crippen LogP contribution in [0, 0.1) is 0 Å². The van der Waals surface area contributed by atoms with Crippen molar-refractivity contribution in [2.24, 2.45) is 0 Å². The second-order valence-corrected chi connectivity index (χ2v) is 7.22. The van der Waals surface area contributed by atoms with Crippen LogP contribution in [0.5, 0.6) is 0 Å². The monoisotopic (exact) mass is 262 g/mol. The number of rotatable bonds is 7. The highest BCUT2D eigenvalue weighted by Crippen LogP contribution is 2.19. The predicted molar refractivity (Wildman–Crippen MR) is 72.1 cm³/mol. The topological polar surface area (TPSA) is 49.4 Å². The normalized spacial score (nSPS) is 25.3. The van der Waals surface area contributed by atoms with Crippen LogP contribution in [0.4, 0.5) is 0 Å². The molecule has 1 aliphatic rings. The molecule has 4 nitrogen and oxygen atoms in total. The maximum Gasteiger partial charge on any atom is 0.151 e. The summed E-state index contributed by atoms with van der Waals surface area (Å²) < 4.78 is 22.9. The summed E-state index contributed by atoms with van der Waals surface area (Å²) in [5.74, 6) is 0.703. The van der Waals surface area contributed by atoms with Crippen molar-refractivity contribution in [1.82, 2.24) is 10.2 Å². The summed E-state index contributed by atoms with van der Waals surface area (Å²) in [6.45, 7) is 6.31. The molecular weight excluding hydrogens is 236 g/mol. The Morgan fingerprint density at radius 3 is 2.59 bits per heavy atom. The van der Waals surface area contributed by atoms with E-state index in [4.69, 9.17) is 0 Å². The molecule has 1 fully saturated rings. The molecular formula is C12H26N2O2S. The van der Waals surface area contributed by atoms with Gasteiger partial charge in [-0.05, 0) is 32.9 Å². The van der Waals surface area contributed by atoms with Gasteiger partial charge in [0.05, 0.1) is 11.5 Å². The summed E-state index contributed by atoms with van der Waals surface area (Å²) >= 11 is 0. The van der Waals surface area contributed by atoms with Gasteiger partial charge < -0.3 is 5.32 Å². The number of nitrogens with one attached hydrogen (secondary N) is 1. The summed E-state index contributed by atoms with van der Waals surface area (Å²) in [4.78, 5) is 2.26. The van der Waals surface area contributed by atoms with Gasteiger partial charge in [0.15, 0.2) is 9.84 Å². The van der Waals surface area contributed by atoms with E-state index in [0.29, 0.717) is 17.5 Å². The molecule has 0 amide bonds. The highest BCUT2D eigenvalue weighted by Gasteiger charge is 2.32. The van der Waals surface area contributed by atoms with Crippen LogP contribution in [0.1, 0.15) is 33.1 Å². The minimum atomic E-state index is -2.77. The molecule has 1 rings (SSSR count). The first-order valence-corrected chi connectivity index (χ1v) is 8.45. The van der Waals surface area contributed by atoms with Gasteiger partial charge in [-0.15, -0.1) is 0 Å². The summed E-state index contributed by atoms with van der Waals surface area (Å²) in [7, 11) is -0.707. The molecule has 0 aromatic rings. The Balaban J connectivity index is 2.46. The first-order chi connectivity index (χ1) is 8.00. The van der Waals surface area contributed by atoms with Crippen molar-refractivity contribution in [2.45, 2.75) is 45.2 Å². The largest absolute Gasteiger partial charge is 0.315 e. The minimum absolute atomic E-state index is 0.216. The fourth-order valence-corrected chi connectivity index (χ4v) is 4.20. The number of likely N-dealkylation sites (N-methyl/N-ethyl adjacent to an activating group) is 1. The lowest BCUT2D eigenvalue weighted by Gasteiger charge is -2.32. The SMILES string of the molecule is CCCNCC(CC)N(C)C1CCS(=O)(=O)C1. The average molecular weight is 262 g/mol. The molecule has 0 saturated carbocycles. The third-order valence-corrected chi connectivity index (χ3v) is 5.39. The van der Waals surface area contributed by atoms with E-state index in [9.17, 15) is 8.42 Å². The lowest BCUT2D eigenvalue weighted by molar-refractivity contribution is 0.178. The van der Waals surface area contributed by atoms with E-state index in [1.807, 2.05) is 0 Å². The molecule has 2 unspecified atom stereocenters. The van der Waals surface area contributed by atoms with Crippen LogP contribution in [0.3, 0.4) is 0 Å². The van der Waals surface area contributed by atoms with Gasteiger partial charge in [-0.2, -0.15) is 0 Å². The molecule has 1 N–H and O–H groups in total. The maximum atomic E-state index is 11.5. The van der Waals surface area contributed by atoms with Gasteiger partial charge in [0.25, 0.3) is 0 Å². The Morgan fingerprint density at radius 1 is 1.41 bits per heavy atom. The van der Waals surface area contributed by atoms with Gasteiger partial charge in [-0.3, -0.25) is 4.90 Å². The molecule has 1 aliphatic heterocycles. The Labute approximate surface area is 106 Å². The number of hydrogen-bond donors (Lipinski definition) is 1. The van der Waals surface area contributed by atoms with Gasteiger partial charge in [0.1, 0.15) is 0 Å². The first kappa shape index (κ1) is 14.9. The molecule has 2 atom stereocenters. The molecule has 0 aromatic heterocycles. The van der Waals surface area contributed by atoms with Crippen molar-refractivity contribution in [3.63, 3.8) is 0 Å². The van der Waals surface area contributed by atoms with E-state index in [1.165, 1.54) is 0 Å². The molecule has 1 saturated heterocycles. The molecule has 0 radical (unpaired) electrons. The van der Waals surface area contributed by atoms with Crippen LogP contribution >= 0.6 is 0 Å². The second kappa shape index (κ2) is 6.71. The molecule has 102 valence electrons.